The lowest BCUT2D eigenvalue weighted by atomic mass is 10.1. The summed E-state index contributed by atoms with van der Waals surface area (Å²) in [4.78, 5) is 12.6. The van der Waals surface area contributed by atoms with Crippen LogP contribution in [0.4, 0.5) is 5.69 Å². The average molecular weight is 582 g/mol. The number of halogens is 2. The number of unbranched alkanes of at least 4 members (excludes halogenated alkanes) is 1. The van der Waals surface area contributed by atoms with E-state index in [1.807, 2.05) is 49.5 Å². The molecule has 0 saturated carbocycles. The molecule has 0 spiro atoms. The first-order valence-electron chi connectivity index (χ1n) is 12.5. The van der Waals surface area contributed by atoms with Crippen molar-refractivity contribution in [2.45, 2.75) is 24.7 Å². The maximum Gasteiger partial charge on any atom is 0.326 e. The summed E-state index contributed by atoms with van der Waals surface area (Å²) in [6, 6.07) is 25.5. The number of hydrogen-bond acceptors (Lipinski definition) is 4. The van der Waals surface area contributed by atoms with Crippen molar-refractivity contribution in [1.29, 1.82) is 0 Å². The van der Waals surface area contributed by atoms with Crippen molar-refractivity contribution in [3.8, 4) is 5.69 Å². The third-order valence-electron chi connectivity index (χ3n) is 6.45. The third kappa shape index (κ3) is 5.62. The molecule has 0 aliphatic rings. The van der Waals surface area contributed by atoms with E-state index in [1.165, 1.54) is 18.2 Å². The largest absolute Gasteiger partial charge is 0.464 e. The third-order valence-corrected chi connectivity index (χ3v) is 8.63. The van der Waals surface area contributed by atoms with Gasteiger partial charge in [0, 0.05) is 27.0 Å². The molecular formula is C30H26Cl2N2O4S. The van der Waals surface area contributed by atoms with E-state index < -0.39 is 22.5 Å². The summed E-state index contributed by atoms with van der Waals surface area (Å²) in [5.41, 5.74) is 2.22. The van der Waals surface area contributed by atoms with Crippen LogP contribution < -0.4 is 4.31 Å². The van der Waals surface area contributed by atoms with Gasteiger partial charge in [-0.15, -0.1) is 0 Å². The number of sulfonamides is 1. The second-order valence-electron chi connectivity index (χ2n) is 9.12. The Hall–Kier alpha value is -3.52. The summed E-state index contributed by atoms with van der Waals surface area (Å²) in [6.45, 7) is 1.71. The Morgan fingerprint density at radius 2 is 1.64 bits per heavy atom. The molecule has 0 bridgehead atoms. The molecule has 0 atom stereocenters. The first kappa shape index (κ1) is 27.1. The quantitative estimate of drug-likeness (QED) is 0.133. The van der Waals surface area contributed by atoms with Crippen LogP contribution in [0.15, 0.2) is 96.0 Å². The normalized spacial score (nSPS) is 11.7. The number of benzene rings is 4. The predicted octanol–water partition coefficient (Wildman–Crippen LogP) is 7.63. The molecule has 9 heteroatoms. The van der Waals surface area contributed by atoms with Gasteiger partial charge < -0.3 is 9.30 Å². The number of anilines is 1. The van der Waals surface area contributed by atoms with E-state index in [0.717, 1.165) is 38.1 Å². The Morgan fingerprint density at radius 3 is 2.41 bits per heavy atom. The summed E-state index contributed by atoms with van der Waals surface area (Å²) < 4.78 is 36.0. The van der Waals surface area contributed by atoms with Crippen molar-refractivity contribution in [2.24, 2.45) is 0 Å². The Balaban J connectivity index is 1.58. The number of carbonyl (C=O) groups is 1. The Kier molecular flexibility index (Phi) is 7.84. The second-order valence-corrected chi connectivity index (χ2v) is 11.9. The van der Waals surface area contributed by atoms with Gasteiger partial charge in [-0.3, -0.25) is 9.10 Å². The molecule has 1 aromatic heterocycles. The molecule has 5 aromatic rings. The highest BCUT2D eigenvalue weighted by Crippen LogP contribution is 2.32. The van der Waals surface area contributed by atoms with E-state index >= 15 is 0 Å². The van der Waals surface area contributed by atoms with Gasteiger partial charge in [0.25, 0.3) is 10.0 Å². The van der Waals surface area contributed by atoms with Crippen LogP contribution in [0.5, 0.6) is 0 Å². The van der Waals surface area contributed by atoms with Gasteiger partial charge >= 0.3 is 5.97 Å². The van der Waals surface area contributed by atoms with E-state index in [9.17, 15) is 13.2 Å². The fourth-order valence-electron chi connectivity index (χ4n) is 4.53. The monoisotopic (exact) mass is 580 g/mol. The van der Waals surface area contributed by atoms with Crippen LogP contribution in [-0.4, -0.2) is 32.1 Å². The minimum absolute atomic E-state index is 0.116. The average Bonchev–Trinajstić information content (AvgIpc) is 3.34. The zero-order valence-electron chi connectivity index (χ0n) is 21.2. The Morgan fingerprint density at radius 1 is 0.897 bits per heavy atom. The van der Waals surface area contributed by atoms with Crippen LogP contribution in [0.25, 0.3) is 27.4 Å². The van der Waals surface area contributed by atoms with Crippen LogP contribution in [0.1, 0.15) is 19.8 Å². The minimum Gasteiger partial charge on any atom is -0.464 e. The highest BCUT2D eigenvalue weighted by molar-refractivity contribution is 7.92. The Bertz CT molecular complexity index is 1760. The molecule has 0 N–H and O–H groups in total. The molecule has 5 rings (SSSR count). The van der Waals surface area contributed by atoms with E-state index in [4.69, 9.17) is 27.9 Å². The lowest BCUT2D eigenvalue weighted by Crippen LogP contribution is -2.36. The molecule has 0 aliphatic carbocycles. The molecule has 0 unspecified atom stereocenters. The fraction of sp³-hybridized carbons (Fsp3) is 0.167. The molecule has 0 radical (unpaired) electrons. The van der Waals surface area contributed by atoms with Gasteiger partial charge in [0.2, 0.25) is 0 Å². The van der Waals surface area contributed by atoms with Gasteiger partial charge in [0.1, 0.15) is 6.54 Å². The smallest absolute Gasteiger partial charge is 0.326 e. The first-order chi connectivity index (χ1) is 18.8. The zero-order valence-corrected chi connectivity index (χ0v) is 23.5. The predicted molar refractivity (Wildman–Crippen MR) is 158 cm³/mol. The molecule has 0 aliphatic heterocycles. The van der Waals surface area contributed by atoms with Crippen LogP contribution in [0, 0.1) is 0 Å². The number of esters is 1. The Labute approximate surface area is 237 Å². The zero-order chi connectivity index (χ0) is 27.6. The summed E-state index contributed by atoms with van der Waals surface area (Å²) in [7, 11) is -4.21. The van der Waals surface area contributed by atoms with E-state index in [0.29, 0.717) is 12.1 Å². The van der Waals surface area contributed by atoms with E-state index in [1.54, 1.807) is 12.1 Å². The number of aromatic nitrogens is 1. The molecule has 0 saturated heterocycles. The van der Waals surface area contributed by atoms with E-state index in [2.05, 4.69) is 22.8 Å². The van der Waals surface area contributed by atoms with Gasteiger partial charge in [0.05, 0.1) is 28.4 Å². The highest BCUT2D eigenvalue weighted by Gasteiger charge is 2.29. The SMILES string of the molecule is CCCCOC(=O)CN(c1ccc2c(ccn2-c2cccc3ccccc23)c1)S(=O)(=O)c1cc(Cl)cc(Cl)c1. The minimum atomic E-state index is -4.21. The van der Waals surface area contributed by atoms with Crippen molar-refractivity contribution in [1.82, 2.24) is 4.57 Å². The number of carbonyl (C=O) groups excluding carboxylic acids is 1. The summed E-state index contributed by atoms with van der Waals surface area (Å²) >= 11 is 12.2. The van der Waals surface area contributed by atoms with Crippen molar-refractivity contribution < 1.29 is 17.9 Å². The van der Waals surface area contributed by atoms with E-state index in [-0.39, 0.29) is 21.5 Å². The van der Waals surface area contributed by atoms with Gasteiger partial charge in [-0.05, 0) is 60.3 Å². The molecule has 1 heterocycles. The van der Waals surface area contributed by atoms with Gasteiger partial charge in [0.15, 0.2) is 0 Å². The maximum absolute atomic E-state index is 13.8. The van der Waals surface area contributed by atoms with Crippen molar-refractivity contribution in [3.63, 3.8) is 0 Å². The number of rotatable bonds is 9. The summed E-state index contributed by atoms with van der Waals surface area (Å²) in [6.07, 6.45) is 3.49. The lowest BCUT2D eigenvalue weighted by Gasteiger charge is -2.24. The molecule has 6 nitrogen and oxygen atoms in total. The van der Waals surface area contributed by atoms with Crippen LogP contribution in [-0.2, 0) is 19.6 Å². The molecule has 4 aromatic carbocycles. The molecule has 200 valence electrons. The fourth-order valence-corrected chi connectivity index (χ4v) is 6.65. The van der Waals surface area contributed by atoms with Crippen LogP contribution in [0.2, 0.25) is 10.0 Å². The standard InChI is InChI=1S/C30H26Cl2N2O4S/c1-2-3-15-38-30(35)20-34(39(36,37)26-18-23(31)17-24(32)19-26)25-11-12-28-22(16-25)13-14-33(28)29-10-6-8-21-7-4-5-9-27(21)29/h4-14,16-19H,2-3,15,20H2,1H3. The number of hydrogen-bond donors (Lipinski definition) is 0. The molecule has 0 amide bonds. The topological polar surface area (TPSA) is 68.6 Å². The van der Waals surface area contributed by atoms with Crippen LogP contribution >= 0.6 is 23.2 Å². The molecular weight excluding hydrogens is 555 g/mol. The lowest BCUT2D eigenvalue weighted by molar-refractivity contribution is -0.141. The number of nitrogens with zero attached hydrogens (tertiary/aromatic N) is 2. The van der Waals surface area contributed by atoms with Gasteiger partial charge in [-0.25, -0.2) is 8.42 Å². The molecule has 0 fully saturated rings. The first-order valence-corrected chi connectivity index (χ1v) is 14.7. The summed E-state index contributed by atoms with van der Waals surface area (Å²) in [5.74, 6) is -0.645. The summed E-state index contributed by atoms with van der Waals surface area (Å²) in [5, 5.41) is 3.37. The number of ether oxygens (including phenoxy) is 1. The second kappa shape index (κ2) is 11.3. The van der Waals surface area contributed by atoms with Crippen molar-refractivity contribution in [2.75, 3.05) is 17.5 Å². The molecule has 39 heavy (non-hydrogen) atoms. The van der Waals surface area contributed by atoms with Crippen molar-refractivity contribution >= 4 is 66.6 Å². The number of fused-ring (bicyclic) bond motifs is 2. The van der Waals surface area contributed by atoms with Crippen LogP contribution in [0.3, 0.4) is 0 Å². The van der Waals surface area contributed by atoms with Gasteiger partial charge in [-0.1, -0.05) is 72.9 Å². The van der Waals surface area contributed by atoms with Gasteiger partial charge in [-0.2, -0.15) is 0 Å². The van der Waals surface area contributed by atoms with Crippen molar-refractivity contribution in [3.05, 3.63) is 101 Å². The highest BCUT2D eigenvalue weighted by atomic mass is 35.5. The maximum atomic E-state index is 13.8.